The van der Waals surface area contributed by atoms with Crippen LogP contribution in [-0.4, -0.2) is 29.4 Å². The molecule has 5 heteroatoms. The zero-order valence-electron chi connectivity index (χ0n) is 10.8. The van der Waals surface area contributed by atoms with E-state index < -0.39 is 0 Å². The zero-order chi connectivity index (χ0) is 13.0. The van der Waals surface area contributed by atoms with Gasteiger partial charge in [0.15, 0.2) is 0 Å². The number of carbonyl (C=O) groups excluding carboxylic acids is 1. The molecule has 0 aromatic carbocycles. The van der Waals surface area contributed by atoms with Crippen molar-refractivity contribution in [2.75, 3.05) is 13.2 Å². The second kappa shape index (κ2) is 5.71. The van der Waals surface area contributed by atoms with E-state index in [1.165, 1.54) is 6.26 Å². The minimum Gasteiger partial charge on any atom is -0.501 e. The number of H-pyrrole nitrogens is 1. The van der Waals surface area contributed by atoms with Crippen molar-refractivity contribution in [3.63, 3.8) is 0 Å². The van der Waals surface area contributed by atoms with Crippen molar-refractivity contribution in [3.05, 3.63) is 28.8 Å². The van der Waals surface area contributed by atoms with E-state index in [-0.39, 0.29) is 5.97 Å². The summed E-state index contributed by atoms with van der Waals surface area (Å²) < 4.78 is 10.4. The van der Waals surface area contributed by atoms with Crippen LogP contribution in [0.4, 0.5) is 0 Å². The van der Waals surface area contributed by atoms with E-state index in [0.29, 0.717) is 25.2 Å². The third kappa shape index (κ3) is 2.91. The maximum absolute atomic E-state index is 11.7. The number of ether oxygens (including phenoxy) is 2. The molecule has 0 saturated heterocycles. The van der Waals surface area contributed by atoms with Crippen LogP contribution < -0.4 is 0 Å². The topological polar surface area (TPSA) is 64.2 Å². The molecule has 2 rings (SSSR count). The average Bonchev–Trinajstić information content (AvgIpc) is 2.71. The van der Waals surface area contributed by atoms with Gasteiger partial charge in [0.2, 0.25) is 0 Å². The molecule has 1 aliphatic rings. The van der Waals surface area contributed by atoms with Crippen LogP contribution in [0.2, 0.25) is 0 Å². The van der Waals surface area contributed by atoms with E-state index in [9.17, 15) is 4.79 Å². The Morgan fingerprint density at radius 2 is 2.39 bits per heavy atom. The Kier molecular flexibility index (Phi) is 4.02. The normalized spacial score (nSPS) is 14.9. The van der Waals surface area contributed by atoms with Crippen molar-refractivity contribution >= 4 is 5.97 Å². The second-order valence-electron chi connectivity index (χ2n) is 4.42. The molecule has 0 spiro atoms. The minimum atomic E-state index is -0.270. The number of carbonyl (C=O) groups is 1. The van der Waals surface area contributed by atoms with Gasteiger partial charge in [-0.25, -0.2) is 4.79 Å². The van der Waals surface area contributed by atoms with Gasteiger partial charge in [0.25, 0.3) is 0 Å². The Bertz CT molecular complexity index is 443. The second-order valence-corrected chi connectivity index (χ2v) is 4.42. The smallest absolute Gasteiger partial charge is 0.337 e. The van der Waals surface area contributed by atoms with Crippen LogP contribution in [-0.2, 0) is 20.7 Å². The largest absolute Gasteiger partial charge is 0.501 e. The first-order valence-electron chi connectivity index (χ1n) is 6.16. The van der Waals surface area contributed by atoms with Crippen LogP contribution in [0.5, 0.6) is 0 Å². The molecule has 1 N–H and O–H groups in total. The molecule has 0 saturated carbocycles. The van der Waals surface area contributed by atoms with E-state index in [4.69, 9.17) is 9.47 Å². The molecular formula is C13H18N2O3. The fourth-order valence-electron chi connectivity index (χ4n) is 2.00. The third-order valence-electron chi connectivity index (χ3n) is 3.06. The van der Waals surface area contributed by atoms with Gasteiger partial charge in [0, 0.05) is 12.1 Å². The molecular weight excluding hydrogens is 232 g/mol. The number of hydrogen-bond donors (Lipinski definition) is 1. The summed E-state index contributed by atoms with van der Waals surface area (Å²) in [5.41, 5.74) is 3.74. The fourth-order valence-corrected chi connectivity index (χ4v) is 2.00. The Hall–Kier alpha value is -1.78. The van der Waals surface area contributed by atoms with Gasteiger partial charge < -0.3 is 9.47 Å². The first kappa shape index (κ1) is 12.7. The molecule has 0 amide bonds. The van der Waals surface area contributed by atoms with Crippen molar-refractivity contribution < 1.29 is 14.3 Å². The number of nitrogens with zero attached hydrogens (tertiary/aromatic N) is 1. The molecule has 0 bridgehead atoms. The van der Waals surface area contributed by atoms with Crippen molar-refractivity contribution in [1.82, 2.24) is 10.2 Å². The summed E-state index contributed by atoms with van der Waals surface area (Å²) in [6.45, 7) is 4.97. The molecule has 0 atom stereocenters. The maximum Gasteiger partial charge on any atom is 0.337 e. The molecule has 5 nitrogen and oxygen atoms in total. The summed E-state index contributed by atoms with van der Waals surface area (Å²) >= 11 is 0. The van der Waals surface area contributed by atoms with E-state index in [1.807, 2.05) is 13.8 Å². The van der Waals surface area contributed by atoms with Gasteiger partial charge in [-0.1, -0.05) is 0 Å². The number of aromatic nitrogens is 2. The lowest BCUT2D eigenvalue weighted by atomic mass is 10.1. The monoisotopic (exact) mass is 250 g/mol. The summed E-state index contributed by atoms with van der Waals surface area (Å²) in [6, 6.07) is 0. The SMILES string of the molecule is Cc1n[nH]c(C)c1CCOC(=O)C1=COCCC1. The van der Waals surface area contributed by atoms with Crippen molar-refractivity contribution in [2.24, 2.45) is 0 Å². The lowest BCUT2D eigenvalue weighted by Gasteiger charge is -2.12. The van der Waals surface area contributed by atoms with E-state index in [1.54, 1.807) is 0 Å². The number of aromatic amines is 1. The van der Waals surface area contributed by atoms with Crippen LogP contribution in [0.1, 0.15) is 29.8 Å². The highest BCUT2D eigenvalue weighted by molar-refractivity contribution is 5.88. The number of rotatable bonds is 4. The minimum absolute atomic E-state index is 0.270. The Morgan fingerprint density at radius 3 is 3.00 bits per heavy atom. The standard InChI is InChI=1S/C13H18N2O3/c1-9-12(10(2)15-14-9)5-7-18-13(16)11-4-3-6-17-8-11/h8H,3-7H2,1-2H3,(H,14,15). The van der Waals surface area contributed by atoms with Crippen molar-refractivity contribution in [2.45, 2.75) is 33.1 Å². The van der Waals surface area contributed by atoms with Crippen molar-refractivity contribution in [3.8, 4) is 0 Å². The molecule has 18 heavy (non-hydrogen) atoms. The van der Waals surface area contributed by atoms with Crippen LogP contribution in [0.15, 0.2) is 11.8 Å². The Labute approximate surface area is 106 Å². The highest BCUT2D eigenvalue weighted by atomic mass is 16.5. The Balaban J connectivity index is 1.82. The van der Waals surface area contributed by atoms with Gasteiger partial charge in [0.1, 0.15) is 0 Å². The van der Waals surface area contributed by atoms with Gasteiger partial charge in [-0.2, -0.15) is 5.10 Å². The highest BCUT2D eigenvalue weighted by Crippen LogP contribution is 2.14. The molecule has 0 radical (unpaired) electrons. The molecule has 0 aliphatic carbocycles. The molecule has 2 heterocycles. The molecule has 1 aliphatic heterocycles. The third-order valence-corrected chi connectivity index (χ3v) is 3.06. The van der Waals surface area contributed by atoms with Gasteiger partial charge in [-0.15, -0.1) is 0 Å². The van der Waals surface area contributed by atoms with E-state index in [2.05, 4.69) is 10.2 Å². The zero-order valence-corrected chi connectivity index (χ0v) is 10.8. The summed E-state index contributed by atoms with van der Waals surface area (Å²) in [4.78, 5) is 11.7. The van der Waals surface area contributed by atoms with Gasteiger partial charge >= 0.3 is 5.97 Å². The summed E-state index contributed by atoms with van der Waals surface area (Å²) in [6.07, 6.45) is 3.82. The number of hydrogen-bond acceptors (Lipinski definition) is 4. The maximum atomic E-state index is 11.7. The summed E-state index contributed by atoms with van der Waals surface area (Å²) in [5, 5.41) is 7.02. The Morgan fingerprint density at radius 1 is 1.56 bits per heavy atom. The van der Waals surface area contributed by atoms with Crippen LogP contribution in [0.3, 0.4) is 0 Å². The van der Waals surface area contributed by atoms with Crippen LogP contribution >= 0.6 is 0 Å². The van der Waals surface area contributed by atoms with E-state index in [0.717, 1.165) is 29.8 Å². The quantitative estimate of drug-likeness (QED) is 0.828. The number of nitrogens with one attached hydrogen (secondary N) is 1. The molecule has 1 aromatic heterocycles. The van der Waals surface area contributed by atoms with Gasteiger partial charge in [0.05, 0.1) is 30.7 Å². The summed E-state index contributed by atoms with van der Waals surface area (Å²) in [5.74, 6) is -0.270. The summed E-state index contributed by atoms with van der Waals surface area (Å²) in [7, 11) is 0. The van der Waals surface area contributed by atoms with Crippen LogP contribution in [0, 0.1) is 13.8 Å². The predicted molar refractivity (Wildman–Crippen MR) is 66.0 cm³/mol. The fraction of sp³-hybridized carbons (Fsp3) is 0.538. The molecule has 98 valence electrons. The number of aryl methyl sites for hydroxylation is 2. The molecule has 1 aromatic rings. The first-order valence-corrected chi connectivity index (χ1v) is 6.16. The van der Waals surface area contributed by atoms with Crippen LogP contribution in [0.25, 0.3) is 0 Å². The highest BCUT2D eigenvalue weighted by Gasteiger charge is 2.15. The van der Waals surface area contributed by atoms with Gasteiger partial charge in [-0.05, 0) is 32.3 Å². The lowest BCUT2D eigenvalue weighted by molar-refractivity contribution is -0.139. The van der Waals surface area contributed by atoms with Crippen molar-refractivity contribution in [1.29, 1.82) is 0 Å². The number of esters is 1. The molecule has 0 fully saturated rings. The molecule has 0 unspecified atom stereocenters. The van der Waals surface area contributed by atoms with Gasteiger partial charge in [-0.3, -0.25) is 5.10 Å². The van der Waals surface area contributed by atoms with E-state index >= 15 is 0 Å². The average molecular weight is 250 g/mol. The predicted octanol–water partition coefficient (Wildman–Crippen LogP) is 1.81. The first-order chi connectivity index (χ1) is 8.68. The lowest BCUT2D eigenvalue weighted by Crippen LogP contribution is -2.14.